The Morgan fingerprint density at radius 1 is 1.50 bits per heavy atom. The molecule has 2 aromatic heterocycles. The average molecular weight is 287 g/mol. The van der Waals surface area contributed by atoms with Crippen LogP contribution in [-0.4, -0.2) is 35.1 Å². The summed E-state index contributed by atoms with van der Waals surface area (Å²) in [5.74, 6) is -1.38. The molecule has 0 radical (unpaired) electrons. The first-order valence-electron chi connectivity index (χ1n) is 5.77. The van der Waals surface area contributed by atoms with E-state index in [0.717, 1.165) is 0 Å². The highest BCUT2D eigenvalue weighted by molar-refractivity contribution is 5.81. The van der Waals surface area contributed by atoms with E-state index in [1.54, 1.807) is 34.2 Å². The first-order valence-corrected chi connectivity index (χ1v) is 5.77. The molecule has 0 aliphatic carbocycles. The van der Waals surface area contributed by atoms with Gasteiger partial charge in [0, 0.05) is 25.4 Å². The standard InChI is InChI=1S/C12H12F3N3O2/c1-20-9-3-2-6-18-7-8(17-10(9)18)4-5-16-11(19)12(13,14)15/h2-3,6-7H,4-5H2,1H3,(H,16,19). The van der Waals surface area contributed by atoms with Crippen molar-refractivity contribution in [1.29, 1.82) is 0 Å². The maximum atomic E-state index is 12.0. The number of hydrogen-bond acceptors (Lipinski definition) is 3. The van der Waals surface area contributed by atoms with E-state index in [9.17, 15) is 18.0 Å². The van der Waals surface area contributed by atoms with Gasteiger partial charge >= 0.3 is 12.1 Å². The highest BCUT2D eigenvalue weighted by atomic mass is 19.4. The lowest BCUT2D eigenvalue weighted by atomic mass is 10.3. The molecule has 0 saturated heterocycles. The third-order valence-corrected chi connectivity index (χ3v) is 2.64. The van der Waals surface area contributed by atoms with Crippen LogP contribution in [-0.2, 0) is 11.2 Å². The molecule has 0 spiro atoms. The number of methoxy groups -OCH3 is 1. The van der Waals surface area contributed by atoms with Gasteiger partial charge in [-0.25, -0.2) is 4.98 Å². The first kappa shape index (κ1) is 14.2. The van der Waals surface area contributed by atoms with E-state index in [4.69, 9.17) is 4.74 Å². The van der Waals surface area contributed by atoms with Crippen molar-refractivity contribution in [1.82, 2.24) is 14.7 Å². The Kier molecular flexibility index (Phi) is 3.82. The Morgan fingerprint density at radius 3 is 2.90 bits per heavy atom. The molecule has 0 aliphatic heterocycles. The van der Waals surface area contributed by atoms with Crippen molar-refractivity contribution >= 4 is 11.6 Å². The molecule has 0 bridgehead atoms. The van der Waals surface area contributed by atoms with Crippen LogP contribution >= 0.6 is 0 Å². The number of nitrogens with zero attached hydrogens (tertiary/aromatic N) is 2. The Bertz CT molecular complexity index is 622. The highest BCUT2D eigenvalue weighted by Gasteiger charge is 2.38. The number of carbonyl (C=O) groups excluding carboxylic acids is 1. The molecule has 1 N–H and O–H groups in total. The van der Waals surface area contributed by atoms with Gasteiger partial charge in [0.25, 0.3) is 0 Å². The molecule has 0 aromatic carbocycles. The van der Waals surface area contributed by atoms with Crippen LogP contribution in [0.2, 0.25) is 0 Å². The van der Waals surface area contributed by atoms with Gasteiger partial charge in [0.15, 0.2) is 11.4 Å². The predicted molar refractivity (Wildman–Crippen MR) is 64.5 cm³/mol. The van der Waals surface area contributed by atoms with Gasteiger partial charge in [-0.2, -0.15) is 13.2 Å². The van der Waals surface area contributed by atoms with Gasteiger partial charge in [-0.15, -0.1) is 0 Å². The SMILES string of the molecule is COc1cccn2cc(CCNC(=O)C(F)(F)F)nc12. The zero-order valence-electron chi connectivity index (χ0n) is 10.6. The summed E-state index contributed by atoms with van der Waals surface area (Å²) in [5, 5.41) is 1.80. The fourth-order valence-corrected chi connectivity index (χ4v) is 1.72. The molecule has 0 saturated carbocycles. The molecule has 1 amide bonds. The number of halogens is 3. The zero-order valence-corrected chi connectivity index (χ0v) is 10.6. The minimum absolute atomic E-state index is 0.134. The largest absolute Gasteiger partial charge is 0.493 e. The van der Waals surface area contributed by atoms with Crippen LogP contribution in [0.3, 0.4) is 0 Å². The van der Waals surface area contributed by atoms with Crippen molar-refractivity contribution in [2.24, 2.45) is 0 Å². The van der Waals surface area contributed by atoms with E-state index in [0.29, 0.717) is 17.1 Å². The molecule has 20 heavy (non-hydrogen) atoms. The number of ether oxygens (including phenoxy) is 1. The molecule has 0 aliphatic rings. The van der Waals surface area contributed by atoms with Gasteiger partial charge in [-0.05, 0) is 12.1 Å². The number of pyridine rings is 1. The molecule has 0 fully saturated rings. The van der Waals surface area contributed by atoms with Crippen LogP contribution in [0.1, 0.15) is 5.69 Å². The molecular weight excluding hydrogens is 275 g/mol. The van der Waals surface area contributed by atoms with Crippen LogP contribution in [0.25, 0.3) is 5.65 Å². The van der Waals surface area contributed by atoms with E-state index in [1.165, 1.54) is 7.11 Å². The second kappa shape index (κ2) is 5.40. The molecule has 5 nitrogen and oxygen atoms in total. The van der Waals surface area contributed by atoms with Crippen molar-refractivity contribution in [2.45, 2.75) is 12.6 Å². The zero-order chi connectivity index (χ0) is 14.8. The number of nitrogens with one attached hydrogen (secondary N) is 1. The van der Waals surface area contributed by atoms with Gasteiger partial charge in [0.2, 0.25) is 0 Å². The van der Waals surface area contributed by atoms with Crippen LogP contribution < -0.4 is 10.1 Å². The topological polar surface area (TPSA) is 55.6 Å². The fraction of sp³-hybridized carbons (Fsp3) is 0.333. The number of carbonyl (C=O) groups is 1. The number of aromatic nitrogens is 2. The van der Waals surface area contributed by atoms with Crippen LogP contribution in [0.4, 0.5) is 13.2 Å². The maximum Gasteiger partial charge on any atom is 0.471 e. The minimum Gasteiger partial charge on any atom is -0.493 e. The van der Waals surface area contributed by atoms with E-state index >= 15 is 0 Å². The highest BCUT2D eigenvalue weighted by Crippen LogP contribution is 2.18. The second-order valence-corrected chi connectivity index (χ2v) is 4.04. The summed E-state index contributed by atoms with van der Waals surface area (Å²) in [4.78, 5) is 14.9. The summed E-state index contributed by atoms with van der Waals surface area (Å²) in [6.45, 7) is -0.134. The van der Waals surface area contributed by atoms with E-state index in [1.807, 2.05) is 0 Å². The summed E-state index contributed by atoms with van der Waals surface area (Å²) in [6.07, 6.45) is -1.23. The van der Waals surface area contributed by atoms with Crippen LogP contribution in [0, 0.1) is 0 Å². The summed E-state index contributed by atoms with van der Waals surface area (Å²) in [7, 11) is 1.51. The van der Waals surface area contributed by atoms with E-state index in [-0.39, 0.29) is 13.0 Å². The Hall–Kier alpha value is -2.25. The van der Waals surface area contributed by atoms with E-state index < -0.39 is 12.1 Å². The lowest BCUT2D eigenvalue weighted by Gasteiger charge is -2.06. The van der Waals surface area contributed by atoms with Gasteiger partial charge in [-0.3, -0.25) is 4.79 Å². The van der Waals surface area contributed by atoms with Crippen molar-refractivity contribution in [3.8, 4) is 5.75 Å². The lowest BCUT2D eigenvalue weighted by Crippen LogP contribution is -2.37. The molecule has 8 heteroatoms. The minimum atomic E-state index is -4.86. The Labute approximate surface area is 112 Å². The summed E-state index contributed by atoms with van der Waals surface area (Å²) >= 11 is 0. The van der Waals surface area contributed by atoms with Crippen molar-refractivity contribution < 1.29 is 22.7 Å². The van der Waals surface area contributed by atoms with Crippen molar-refractivity contribution in [3.05, 3.63) is 30.2 Å². The predicted octanol–water partition coefficient (Wildman–Crippen LogP) is 1.56. The Balaban J connectivity index is 2.02. The van der Waals surface area contributed by atoms with Gasteiger partial charge in [0.1, 0.15) is 0 Å². The molecule has 2 heterocycles. The van der Waals surface area contributed by atoms with Crippen LogP contribution in [0.15, 0.2) is 24.5 Å². The summed E-state index contributed by atoms with van der Waals surface area (Å²) in [6, 6.07) is 3.50. The van der Waals surface area contributed by atoms with Crippen molar-refractivity contribution in [2.75, 3.05) is 13.7 Å². The monoisotopic (exact) mass is 287 g/mol. The smallest absolute Gasteiger partial charge is 0.471 e. The van der Waals surface area contributed by atoms with E-state index in [2.05, 4.69) is 4.98 Å². The maximum absolute atomic E-state index is 12.0. The number of fused-ring (bicyclic) bond motifs is 1. The summed E-state index contributed by atoms with van der Waals surface area (Å²) < 4.78 is 42.8. The van der Waals surface area contributed by atoms with Gasteiger partial charge in [-0.1, -0.05) is 0 Å². The Morgan fingerprint density at radius 2 is 2.25 bits per heavy atom. The molecule has 108 valence electrons. The number of rotatable bonds is 4. The fourth-order valence-electron chi connectivity index (χ4n) is 1.72. The third kappa shape index (κ3) is 3.01. The van der Waals surface area contributed by atoms with Gasteiger partial charge in [0.05, 0.1) is 12.8 Å². The molecule has 0 unspecified atom stereocenters. The molecule has 2 aromatic rings. The lowest BCUT2D eigenvalue weighted by molar-refractivity contribution is -0.173. The quantitative estimate of drug-likeness (QED) is 0.928. The van der Waals surface area contributed by atoms with Crippen molar-refractivity contribution in [3.63, 3.8) is 0 Å². The second-order valence-electron chi connectivity index (χ2n) is 4.04. The number of amides is 1. The van der Waals surface area contributed by atoms with Gasteiger partial charge < -0.3 is 14.5 Å². The summed E-state index contributed by atoms with van der Waals surface area (Å²) in [5.41, 5.74) is 1.14. The van der Waals surface area contributed by atoms with Crippen LogP contribution in [0.5, 0.6) is 5.75 Å². The number of alkyl halides is 3. The average Bonchev–Trinajstić information content (AvgIpc) is 2.79. The third-order valence-electron chi connectivity index (χ3n) is 2.64. The first-order chi connectivity index (χ1) is 9.41. The normalized spacial score (nSPS) is 11.6. The molecule has 0 atom stereocenters. The number of hydrogen-bond donors (Lipinski definition) is 1. The molecular formula is C12H12F3N3O2. The number of imidazole rings is 1. The molecule has 2 rings (SSSR count).